The number of halogens is 1. The van der Waals surface area contributed by atoms with E-state index in [9.17, 15) is 9.59 Å². The molecule has 0 bridgehead atoms. The van der Waals surface area contributed by atoms with Crippen LogP contribution in [-0.4, -0.2) is 33.6 Å². The molecule has 0 radical (unpaired) electrons. The van der Waals surface area contributed by atoms with Crippen molar-refractivity contribution in [3.8, 4) is 0 Å². The summed E-state index contributed by atoms with van der Waals surface area (Å²) in [7, 11) is 1.72. The molecule has 1 amide bonds. The zero-order valence-corrected chi connectivity index (χ0v) is 19.2. The van der Waals surface area contributed by atoms with Crippen molar-refractivity contribution in [2.75, 3.05) is 7.05 Å². The van der Waals surface area contributed by atoms with E-state index in [1.54, 1.807) is 18.0 Å². The van der Waals surface area contributed by atoms with Crippen molar-refractivity contribution in [3.05, 3.63) is 56.8 Å². The van der Waals surface area contributed by atoms with Gasteiger partial charge in [0.1, 0.15) is 16.2 Å². The Labute approximate surface area is 185 Å². The first-order valence-electron chi connectivity index (χ1n) is 10.1. The molecule has 1 saturated carbocycles. The lowest BCUT2D eigenvalue weighted by Crippen LogP contribution is -2.54. The Morgan fingerprint density at radius 3 is 2.60 bits per heavy atom. The molecule has 0 aliphatic heterocycles. The molecule has 3 aromatic rings. The van der Waals surface area contributed by atoms with E-state index in [0.29, 0.717) is 34.1 Å². The molecule has 0 N–H and O–H groups in total. The highest BCUT2D eigenvalue weighted by molar-refractivity contribution is 7.20. The van der Waals surface area contributed by atoms with E-state index in [1.165, 1.54) is 11.3 Å². The number of thiophene rings is 1. The van der Waals surface area contributed by atoms with E-state index in [4.69, 9.17) is 11.6 Å². The molecular formula is C23H24ClN3O2S. The molecule has 1 aromatic carbocycles. The van der Waals surface area contributed by atoms with Crippen LogP contribution in [-0.2, 0) is 10.3 Å². The number of aryl methyl sites for hydroxylation is 3. The summed E-state index contributed by atoms with van der Waals surface area (Å²) in [6, 6.07) is 7.36. The largest absolute Gasteiger partial charge is 0.324 e. The van der Waals surface area contributed by atoms with Gasteiger partial charge in [-0.2, -0.15) is 0 Å². The van der Waals surface area contributed by atoms with Crippen molar-refractivity contribution in [2.45, 2.75) is 52.0 Å². The first-order valence-corrected chi connectivity index (χ1v) is 11.3. The summed E-state index contributed by atoms with van der Waals surface area (Å²) in [5.41, 5.74) is 1.38. The van der Waals surface area contributed by atoms with Gasteiger partial charge in [-0.05, 0) is 51.7 Å². The number of amides is 1. The number of aromatic nitrogens is 2. The lowest BCUT2D eigenvalue weighted by Gasteiger charge is -2.43. The van der Waals surface area contributed by atoms with Gasteiger partial charge in [0, 0.05) is 35.1 Å². The van der Waals surface area contributed by atoms with Crippen molar-refractivity contribution in [1.29, 1.82) is 0 Å². The normalized spacial score (nSPS) is 19.3. The van der Waals surface area contributed by atoms with Gasteiger partial charge < -0.3 is 4.90 Å². The number of carbonyl (C=O) groups is 2. The molecule has 1 fully saturated rings. The first-order chi connectivity index (χ1) is 14.3. The Morgan fingerprint density at radius 1 is 1.17 bits per heavy atom. The van der Waals surface area contributed by atoms with E-state index >= 15 is 0 Å². The van der Waals surface area contributed by atoms with Crippen molar-refractivity contribution in [3.63, 3.8) is 0 Å². The molecule has 1 unspecified atom stereocenters. The number of likely N-dealkylation sites (N-methyl/N-ethyl adjacent to an activating group) is 1. The van der Waals surface area contributed by atoms with Gasteiger partial charge in [0.25, 0.3) is 5.91 Å². The van der Waals surface area contributed by atoms with E-state index in [0.717, 1.165) is 34.3 Å². The standard InChI is InChI=1S/C23H24ClN3O2S/c1-13-19-14(2)25-15(3)26-21(19)30-20(13)22(29)27(4)23(12-8-7-11-18(23)28)16-9-5-6-10-17(16)24/h5-6,9-10H,7-8,11-12H2,1-4H3. The molecule has 1 aliphatic carbocycles. The molecule has 1 atom stereocenters. The van der Waals surface area contributed by atoms with Gasteiger partial charge >= 0.3 is 0 Å². The second-order valence-corrected chi connectivity index (χ2v) is 9.33. The van der Waals surface area contributed by atoms with E-state index in [2.05, 4.69) is 9.97 Å². The Balaban J connectivity index is 1.86. The zero-order chi connectivity index (χ0) is 21.6. The molecule has 2 heterocycles. The van der Waals surface area contributed by atoms with Crippen LogP contribution >= 0.6 is 22.9 Å². The van der Waals surface area contributed by atoms with Crippen molar-refractivity contribution >= 4 is 44.8 Å². The van der Waals surface area contributed by atoms with Crippen molar-refractivity contribution in [1.82, 2.24) is 14.9 Å². The minimum atomic E-state index is -1.05. The number of fused-ring (bicyclic) bond motifs is 1. The predicted molar refractivity (Wildman–Crippen MR) is 120 cm³/mol. The van der Waals surface area contributed by atoms with Crippen LogP contribution in [0.5, 0.6) is 0 Å². The van der Waals surface area contributed by atoms with Gasteiger partial charge in [0.15, 0.2) is 5.78 Å². The lowest BCUT2D eigenvalue weighted by molar-refractivity contribution is -0.132. The van der Waals surface area contributed by atoms with Crippen LogP contribution in [0.3, 0.4) is 0 Å². The number of benzene rings is 1. The summed E-state index contributed by atoms with van der Waals surface area (Å²) >= 11 is 7.90. The van der Waals surface area contributed by atoms with Crippen LogP contribution in [0.15, 0.2) is 24.3 Å². The third-order valence-corrected chi connectivity index (χ3v) is 7.63. The first kappa shape index (κ1) is 20.9. The fourth-order valence-corrected chi connectivity index (χ4v) is 6.18. The number of rotatable bonds is 3. The fraction of sp³-hybridized carbons (Fsp3) is 0.391. The second kappa shape index (κ2) is 7.75. The summed E-state index contributed by atoms with van der Waals surface area (Å²) in [6.07, 6.45) is 2.71. The molecule has 30 heavy (non-hydrogen) atoms. The Kier molecular flexibility index (Phi) is 5.41. The Hall–Kier alpha value is -2.31. The summed E-state index contributed by atoms with van der Waals surface area (Å²) in [5.74, 6) is 0.551. The number of carbonyl (C=O) groups excluding carboxylic acids is 2. The maximum Gasteiger partial charge on any atom is 0.265 e. The average molecular weight is 442 g/mol. The number of nitrogens with zero attached hydrogens (tertiary/aromatic N) is 3. The smallest absolute Gasteiger partial charge is 0.265 e. The van der Waals surface area contributed by atoms with Gasteiger partial charge in [-0.15, -0.1) is 11.3 Å². The second-order valence-electron chi connectivity index (χ2n) is 7.93. The number of ketones is 1. The summed E-state index contributed by atoms with van der Waals surface area (Å²) in [5, 5.41) is 1.43. The minimum Gasteiger partial charge on any atom is -0.324 e. The summed E-state index contributed by atoms with van der Waals surface area (Å²) in [6.45, 7) is 5.71. The summed E-state index contributed by atoms with van der Waals surface area (Å²) in [4.78, 5) is 39.1. The van der Waals surface area contributed by atoms with E-state index in [1.807, 2.05) is 39.0 Å². The third kappa shape index (κ3) is 3.13. The average Bonchev–Trinajstić information content (AvgIpc) is 3.04. The maximum absolute atomic E-state index is 13.8. The predicted octanol–water partition coefficient (Wildman–Crippen LogP) is 5.38. The summed E-state index contributed by atoms with van der Waals surface area (Å²) < 4.78 is 0. The number of Topliss-reactive ketones (excluding diaryl/α,β-unsaturated/α-hetero) is 1. The minimum absolute atomic E-state index is 0.0447. The highest BCUT2D eigenvalue weighted by Crippen LogP contribution is 2.44. The van der Waals surface area contributed by atoms with Crippen LogP contribution in [0.25, 0.3) is 10.2 Å². The van der Waals surface area contributed by atoms with Gasteiger partial charge in [-0.1, -0.05) is 29.8 Å². The van der Waals surface area contributed by atoms with E-state index in [-0.39, 0.29) is 11.7 Å². The molecule has 1 aliphatic rings. The molecule has 0 spiro atoms. The molecule has 0 saturated heterocycles. The molecule has 2 aromatic heterocycles. The zero-order valence-electron chi connectivity index (χ0n) is 17.6. The highest BCUT2D eigenvalue weighted by Gasteiger charge is 2.48. The van der Waals surface area contributed by atoms with Crippen molar-refractivity contribution in [2.24, 2.45) is 0 Å². The highest BCUT2D eigenvalue weighted by atomic mass is 35.5. The lowest BCUT2D eigenvalue weighted by atomic mass is 9.74. The topological polar surface area (TPSA) is 63.2 Å². The molecule has 5 nitrogen and oxygen atoms in total. The van der Waals surface area contributed by atoms with Crippen LogP contribution in [0, 0.1) is 20.8 Å². The number of hydrogen-bond donors (Lipinski definition) is 0. The quantitative estimate of drug-likeness (QED) is 0.547. The Bertz CT molecular complexity index is 1170. The van der Waals surface area contributed by atoms with Crippen LogP contribution in [0.4, 0.5) is 0 Å². The number of hydrogen-bond acceptors (Lipinski definition) is 5. The molecular weight excluding hydrogens is 418 g/mol. The van der Waals surface area contributed by atoms with Gasteiger partial charge in [-0.25, -0.2) is 9.97 Å². The van der Waals surface area contributed by atoms with Crippen LogP contribution in [0.2, 0.25) is 5.02 Å². The SMILES string of the molecule is Cc1nc(C)c2c(C)c(C(=O)N(C)C3(c4ccccc4Cl)CCCCC3=O)sc2n1. The van der Waals surface area contributed by atoms with Gasteiger partial charge in [0.05, 0.1) is 4.88 Å². The monoisotopic (exact) mass is 441 g/mol. The fourth-order valence-electron chi connectivity index (χ4n) is 4.63. The van der Waals surface area contributed by atoms with Gasteiger partial charge in [0.2, 0.25) is 0 Å². The van der Waals surface area contributed by atoms with Gasteiger partial charge in [-0.3, -0.25) is 9.59 Å². The molecule has 156 valence electrons. The van der Waals surface area contributed by atoms with Crippen molar-refractivity contribution < 1.29 is 9.59 Å². The Morgan fingerprint density at radius 2 is 1.90 bits per heavy atom. The third-order valence-electron chi connectivity index (χ3n) is 6.13. The van der Waals surface area contributed by atoms with Crippen LogP contribution in [0.1, 0.15) is 58.0 Å². The molecule has 4 rings (SSSR count). The van der Waals surface area contributed by atoms with Crippen LogP contribution < -0.4 is 0 Å². The maximum atomic E-state index is 13.8. The molecule has 7 heteroatoms. The van der Waals surface area contributed by atoms with E-state index < -0.39 is 5.54 Å².